The van der Waals surface area contributed by atoms with Gasteiger partial charge in [0.05, 0.1) is 13.2 Å². The summed E-state index contributed by atoms with van der Waals surface area (Å²) in [7, 11) is 0. The molecule has 2 nitrogen and oxygen atoms in total. The summed E-state index contributed by atoms with van der Waals surface area (Å²) in [6.07, 6.45) is 26.8. The van der Waals surface area contributed by atoms with Crippen LogP contribution in [0.2, 0.25) is 0 Å². The first-order valence-electron chi connectivity index (χ1n) is 17.3. The quantitative estimate of drug-likeness (QED) is 0.0683. The lowest BCUT2D eigenvalue weighted by molar-refractivity contribution is 0.304. The van der Waals surface area contributed by atoms with Gasteiger partial charge in [-0.2, -0.15) is 0 Å². The van der Waals surface area contributed by atoms with Crippen LogP contribution in [0.4, 0.5) is 0 Å². The highest BCUT2D eigenvalue weighted by Gasteiger charge is 2.13. The second-order valence-corrected chi connectivity index (χ2v) is 13.7. The van der Waals surface area contributed by atoms with Crippen molar-refractivity contribution in [2.75, 3.05) is 13.2 Å². The lowest BCUT2D eigenvalue weighted by Gasteiger charge is -2.14. The predicted molar refractivity (Wildman–Crippen MR) is 192 cm³/mol. The molecule has 0 saturated carbocycles. The van der Waals surface area contributed by atoms with Gasteiger partial charge in [0.1, 0.15) is 11.5 Å². The van der Waals surface area contributed by atoms with Crippen LogP contribution < -0.4 is 9.47 Å². The molecule has 0 heterocycles. The lowest BCUT2D eigenvalue weighted by Crippen LogP contribution is -1.98. The smallest absolute Gasteiger partial charge is 0.119 e. The summed E-state index contributed by atoms with van der Waals surface area (Å²) in [6.45, 7) is 6.13. The van der Waals surface area contributed by atoms with E-state index in [-0.39, 0.29) is 0 Å². The number of hydrogen-bond acceptors (Lipinski definition) is 2. The highest BCUT2D eigenvalue weighted by atomic mass is 79.9. The zero-order chi connectivity index (χ0) is 29.8. The third kappa shape index (κ3) is 12.4. The molecule has 42 heavy (non-hydrogen) atoms. The Hall–Kier alpha value is -1.26. The zero-order valence-electron chi connectivity index (χ0n) is 26.6. The number of halogens is 2. The molecule has 0 aliphatic carbocycles. The summed E-state index contributed by atoms with van der Waals surface area (Å²) in [5.41, 5.74) is 0. The van der Waals surface area contributed by atoms with Gasteiger partial charge >= 0.3 is 0 Å². The van der Waals surface area contributed by atoms with Crippen LogP contribution in [0.3, 0.4) is 0 Å². The van der Waals surface area contributed by atoms with E-state index < -0.39 is 0 Å². The largest absolute Gasteiger partial charge is 0.494 e. The van der Waals surface area contributed by atoms with Crippen molar-refractivity contribution in [3.63, 3.8) is 0 Å². The standard InChI is InChI=1S/C38H56Br2O2/c1-3-5-7-9-11-13-15-17-19-21-27-41-31-23-25-33-35(29-31)38(40)36-30-32(24-26-34(36)37(33)39)42-28-22-20-18-16-14-12-10-8-6-4-2/h23-26,29-30H,3-22,27-28H2,1-2H3. The maximum absolute atomic E-state index is 6.18. The van der Waals surface area contributed by atoms with Crippen molar-refractivity contribution in [3.8, 4) is 11.5 Å². The van der Waals surface area contributed by atoms with Crippen molar-refractivity contribution < 1.29 is 9.47 Å². The molecule has 0 aliphatic rings. The first-order valence-corrected chi connectivity index (χ1v) is 18.8. The fraction of sp³-hybridized carbons (Fsp3) is 0.632. The molecule has 0 aliphatic heterocycles. The lowest BCUT2D eigenvalue weighted by atomic mass is 10.0. The van der Waals surface area contributed by atoms with Crippen LogP contribution in [0.25, 0.3) is 21.5 Å². The Bertz CT molecular complexity index is 1070. The molecule has 0 bridgehead atoms. The topological polar surface area (TPSA) is 18.5 Å². The zero-order valence-corrected chi connectivity index (χ0v) is 29.8. The van der Waals surface area contributed by atoms with Crippen LogP contribution >= 0.6 is 31.9 Å². The average Bonchev–Trinajstić information content (AvgIpc) is 3.01. The van der Waals surface area contributed by atoms with Crippen molar-refractivity contribution in [2.45, 2.75) is 142 Å². The van der Waals surface area contributed by atoms with Gasteiger partial charge in [-0.1, -0.05) is 129 Å². The maximum atomic E-state index is 6.18. The second-order valence-electron chi connectivity index (χ2n) is 12.1. The molecule has 0 saturated heterocycles. The van der Waals surface area contributed by atoms with E-state index in [2.05, 4.69) is 82.1 Å². The molecule has 0 atom stereocenters. The molecule has 3 rings (SSSR count). The van der Waals surface area contributed by atoms with Crippen molar-refractivity contribution in [3.05, 3.63) is 45.3 Å². The van der Waals surface area contributed by atoms with E-state index >= 15 is 0 Å². The average molecular weight is 705 g/mol. The van der Waals surface area contributed by atoms with E-state index in [0.717, 1.165) is 46.5 Å². The monoisotopic (exact) mass is 702 g/mol. The molecular weight excluding hydrogens is 648 g/mol. The van der Waals surface area contributed by atoms with Crippen LogP contribution in [-0.2, 0) is 0 Å². The predicted octanol–water partition coefficient (Wildman–Crippen LogP) is 14.1. The number of unbranched alkanes of at least 4 members (excludes halogenated alkanes) is 18. The highest BCUT2D eigenvalue weighted by Crippen LogP contribution is 2.42. The van der Waals surface area contributed by atoms with Crippen LogP contribution in [0.5, 0.6) is 11.5 Å². The van der Waals surface area contributed by atoms with Crippen molar-refractivity contribution in [2.24, 2.45) is 0 Å². The summed E-state index contributed by atoms with van der Waals surface area (Å²) in [5.74, 6) is 1.89. The van der Waals surface area contributed by atoms with Crippen LogP contribution in [0.15, 0.2) is 45.3 Å². The number of ether oxygens (including phenoxy) is 2. The van der Waals surface area contributed by atoms with Gasteiger partial charge in [0, 0.05) is 19.7 Å². The Balaban J connectivity index is 1.43. The van der Waals surface area contributed by atoms with Gasteiger partial charge in [-0.05, 0) is 91.9 Å². The van der Waals surface area contributed by atoms with Crippen molar-refractivity contribution in [1.29, 1.82) is 0 Å². The second kappa shape index (κ2) is 21.4. The van der Waals surface area contributed by atoms with Gasteiger partial charge in [0.25, 0.3) is 0 Å². The van der Waals surface area contributed by atoms with Crippen molar-refractivity contribution in [1.82, 2.24) is 0 Å². The molecule has 0 radical (unpaired) electrons. The van der Waals surface area contributed by atoms with Gasteiger partial charge in [0.2, 0.25) is 0 Å². The molecule has 0 N–H and O–H groups in total. The summed E-state index contributed by atoms with van der Waals surface area (Å²) >= 11 is 7.81. The normalized spacial score (nSPS) is 11.5. The van der Waals surface area contributed by atoms with Crippen LogP contribution in [0, 0.1) is 0 Å². The molecule has 0 aromatic heterocycles. The third-order valence-corrected chi connectivity index (χ3v) is 10.2. The molecule has 0 fully saturated rings. The van der Waals surface area contributed by atoms with Gasteiger partial charge < -0.3 is 9.47 Å². The Morgan fingerprint density at radius 2 is 0.714 bits per heavy atom. The first kappa shape index (κ1) is 35.2. The number of benzene rings is 3. The summed E-state index contributed by atoms with van der Waals surface area (Å²) in [6, 6.07) is 12.9. The fourth-order valence-electron chi connectivity index (χ4n) is 5.82. The van der Waals surface area contributed by atoms with Crippen molar-refractivity contribution >= 4 is 53.4 Å². The highest BCUT2D eigenvalue weighted by molar-refractivity contribution is 9.11. The fourth-order valence-corrected chi connectivity index (χ4v) is 7.17. The maximum Gasteiger partial charge on any atom is 0.119 e. The van der Waals surface area contributed by atoms with Gasteiger partial charge in [-0.15, -0.1) is 0 Å². The molecular formula is C38H56Br2O2. The van der Waals surface area contributed by atoms with E-state index in [0.29, 0.717) is 0 Å². The van der Waals surface area contributed by atoms with E-state index in [1.165, 1.54) is 137 Å². The Morgan fingerprint density at radius 1 is 0.405 bits per heavy atom. The minimum Gasteiger partial charge on any atom is -0.494 e. The number of rotatable bonds is 24. The van der Waals surface area contributed by atoms with Gasteiger partial charge in [-0.3, -0.25) is 0 Å². The Labute approximate surface area is 274 Å². The van der Waals surface area contributed by atoms with Crippen LogP contribution in [0.1, 0.15) is 142 Å². The minimum atomic E-state index is 0.783. The number of fused-ring (bicyclic) bond motifs is 2. The Morgan fingerprint density at radius 3 is 1.07 bits per heavy atom. The van der Waals surface area contributed by atoms with E-state index in [9.17, 15) is 0 Å². The molecule has 3 aromatic carbocycles. The molecule has 3 aromatic rings. The molecule has 0 spiro atoms. The number of hydrogen-bond donors (Lipinski definition) is 0. The summed E-state index contributed by atoms with van der Waals surface area (Å²) in [4.78, 5) is 0. The molecule has 0 unspecified atom stereocenters. The van der Waals surface area contributed by atoms with Gasteiger partial charge in [-0.25, -0.2) is 0 Å². The van der Waals surface area contributed by atoms with E-state index in [1.54, 1.807) is 0 Å². The Kier molecular flexibility index (Phi) is 18.0. The van der Waals surface area contributed by atoms with E-state index in [4.69, 9.17) is 9.47 Å². The van der Waals surface area contributed by atoms with E-state index in [1.807, 2.05) is 0 Å². The van der Waals surface area contributed by atoms with Gasteiger partial charge in [0.15, 0.2) is 0 Å². The van der Waals surface area contributed by atoms with Crippen LogP contribution in [-0.4, -0.2) is 13.2 Å². The SMILES string of the molecule is CCCCCCCCCCCCOc1ccc2c(Br)c3ccc(OCCCCCCCCCCCC)cc3c(Br)c2c1. The first-order chi connectivity index (χ1) is 20.7. The molecule has 234 valence electrons. The summed E-state index contributed by atoms with van der Waals surface area (Å²) < 4.78 is 14.6. The minimum absolute atomic E-state index is 0.783. The molecule has 4 heteroatoms. The third-order valence-electron chi connectivity index (χ3n) is 8.46. The molecule has 0 amide bonds. The summed E-state index contributed by atoms with van der Waals surface area (Å²) in [5, 5.41) is 4.72.